The molecule has 3 aromatic rings. The number of nitrogens with zero attached hydrogens (tertiary/aromatic N) is 1. The normalized spacial score (nSPS) is 15.8. The topological polar surface area (TPSA) is 24.8 Å². The predicted molar refractivity (Wildman–Crippen MR) is 101 cm³/mol. The Balaban J connectivity index is 1.46. The van der Waals surface area contributed by atoms with Gasteiger partial charge in [0.2, 0.25) is 0 Å². The molecule has 0 unspecified atom stereocenters. The van der Waals surface area contributed by atoms with Crippen molar-refractivity contribution in [3.63, 3.8) is 0 Å². The third kappa shape index (κ3) is 3.44. The van der Waals surface area contributed by atoms with Gasteiger partial charge >= 0.3 is 0 Å². The van der Waals surface area contributed by atoms with Crippen molar-refractivity contribution >= 4 is 50.3 Å². The van der Waals surface area contributed by atoms with Crippen LogP contribution in [0.25, 0.3) is 10.1 Å². The van der Waals surface area contributed by atoms with Crippen LogP contribution in [-0.4, -0.2) is 37.0 Å². The van der Waals surface area contributed by atoms with E-state index in [4.69, 9.17) is 11.6 Å². The van der Waals surface area contributed by atoms with Crippen molar-refractivity contribution < 1.29 is 14.1 Å². The Morgan fingerprint density at radius 2 is 2.08 bits per heavy atom. The van der Waals surface area contributed by atoms with Crippen LogP contribution in [0, 0.1) is 5.82 Å². The monoisotopic (exact) mass is 395 g/mol. The first-order valence-electron chi connectivity index (χ1n) is 8.14. The van der Waals surface area contributed by atoms with E-state index >= 15 is 0 Å². The van der Waals surface area contributed by atoms with Crippen molar-refractivity contribution in [3.8, 4) is 0 Å². The molecular formula is C18H17ClFN2OS2+. The predicted octanol–water partition coefficient (Wildman–Crippen LogP) is 3.30. The molecule has 1 N–H and O–H groups in total. The van der Waals surface area contributed by atoms with Crippen LogP contribution < -0.4 is 4.90 Å². The Bertz CT molecular complexity index is 901. The van der Waals surface area contributed by atoms with E-state index in [0.717, 1.165) is 42.8 Å². The summed E-state index contributed by atoms with van der Waals surface area (Å²) in [4.78, 5) is 18.1. The number of carbonyl (C=O) groups is 1. The number of benzene rings is 1. The number of thiophene rings is 2. The molecule has 3 nitrogen and oxygen atoms in total. The third-order valence-corrected chi connectivity index (χ3v) is 7.07. The van der Waals surface area contributed by atoms with Crippen LogP contribution in [-0.2, 0) is 6.54 Å². The van der Waals surface area contributed by atoms with E-state index in [9.17, 15) is 9.18 Å². The zero-order valence-electron chi connectivity index (χ0n) is 13.4. The summed E-state index contributed by atoms with van der Waals surface area (Å²) in [5.41, 5.74) is 0. The zero-order chi connectivity index (χ0) is 17.4. The number of amides is 1. The molecule has 0 radical (unpaired) electrons. The number of nitrogens with one attached hydrogen (secondary N) is 1. The SMILES string of the molecule is O=C(c1sc2cc(F)ccc2c1Cl)N1CC[NH+](Cc2cccs2)CC1. The second-order valence-corrected chi connectivity index (χ2v) is 8.65. The molecule has 1 saturated heterocycles. The van der Waals surface area contributed by atoms with Gasteiger partial charge in [-0.25, -0.2) is 4.39 Å². The highest BCUT2D eigenvalue weighted by Crippen LogP contribution is 2.36. The molecule has 1 aliphatic heterocycles. The molecule has 7 heteroatoms. The molecule has 2 aromatic heterocycles. The van der Waals surface area contributed by atoms with Gasteiger partial charge in [0.15, 0.2) is 0 Å². The first-order chi connectivity index (χ1) is 12.1. The van der Waals surface area contributed by atoms with Gasteiger partial charge in [0.25, 0.3) is 5.91 Å². The molecule has 1 amide bonds. The number of rotatable bonds is 3. The smallest absolute Gasteiger partial charge is 0.265 e. The summed E-state index contributed by atoms with van der Waals surface area (Å²) >= 11 is 9.44. The van der Waals surface area contributed by atoms with Gasteiger partial charge in [0, 0.05) is 10.1 Å². The van der Waals surface area contributed by atoms with Crippen molar-refractivity contribution in [1.82, 2.24) is 4.90 Å². The molecule has 0 spiro atoms. The van der Waals surface area contributed by atoms with Crippen molar-refractivity contribution in [2.24, 2.45) is 0 Å². The Morgan fingerprint density at radius 3 is 2.80 bits per heavy atom. The quantitative estimate of drug-likeness (QED) is 0.723. The lowest BCUT2D eigenvalue weighted by Crippen LogP contribution is -3.13. The van der Waals surface area contributed by atoms with Crippen LogP contribution in [0.5, 0.6) is 0 Å². The fraction of sp³-hybridized carbons (Fsp3) is 0.278. The van der Waals surface area contributed by atoms with Gasteiger partial charge in [-0.3, -0.25) is 4.79 Å². The molecule has 4 rings (SSSR count). The molecule has 0 aliphatic carbocycles. The molecule has 1 aromatic carbocycles. The fourth-order valence-electron chi connectivity index (χ4n) is 3.18. The Kier molecular flexibility index (Phi) is 4.78. The van der Waals surface area contributed by atoms with Crippen molar-refractivity contribution in [2.45, 2.75) is 6.54 Å². The number of carbonyl (C=O) groups excluding carboxylic acids is 1. The second-order valence-electron chi connectivity index (χ2n) is 6.18. The highest BCUT2D eigenvalue weighted by molar-refractivity contribution is 7.21. The van der Waals surface area contributed by atoms with Crippen LogP contribution in [0.3, 0.4) is 0 Å². The van der Waals surface area contributed by atoms with Crippen LogP contribution >= 0.6 is 34.3 Å². The minimum Gasteiger partial charge on any atom is -0.328 e. The van der Waals surface area contributed by atoms with E-state index in [2.05, 4.69) is 17.5 Å². The van der Waals surface area contributed by atoms with Crippen molar-refractivity contribution in [2.75, 3.05) is 26.2 Å². The number of hydrogen-bond donors (Lipinski definition) is 1. The number of halogens is 2. The Morgan fingerprint density at radius 1 is 1.28 bits per heavy atom. The Hall–Kier alpha value is -1.47. The first-order valence-corrected chi connectivity index (χ1v) is 10.2. The number of fused-ring (bicyclic) bond motifs is 1. The summed E-state index contributed by atoms with van der Waals surface area (Å²) in [6, 6.07) is 8.69. The van der Waals surface area contributed by atoms with Crippen LogP contribution in [0.15, 0.2) is 35.7 Å². The average molecular weight is 396 g/mol. The van der Waals surface area contributed by atoms with Crippen LogP contribution in [0.4, 0.5) is 4.39 Å². The summed E-state index contributed by atoms with van der Waals surface area (Å²) < 4.78 is 14.1. The zero-order valence-corrected chi connectivity index (χ0v) is 15.8. The molecule has 3 heterocycles. The summed E-state index contributed by atoms with van der Waals surface area (Å²) in [6.07, 6.45) is 0. The van der Waals surface area contributed by atoms with E-state index in [1.807, 2.05) is 4.90 Å². The van der Waals surface area contributed by atoms with E-state index < -0.39 is 0 Å². The lowest BCUT2D eigenvalue weighted by atomic mass is 10.2. The van der Waals surface area contributed by atoms with Gasteiger partial charge in [-0.15, -0.1) is 22.7 Å². The molecular weight excluding hydrogens is 379 g/mol. The lowest BCUT2D eigenvalue weighted by molar-refractivity contribution is -0.917. The number of hydrogen-bond acceptors (Lipinski definition) is 3. The standard InChI is InChI=1S/C18H16ClFN2OS2/c19-16-14-4-3-12(20)10-15(14)25-17(16)18(23)22-7-5-21(6-8-22)11-13-2-1-9-24-13/h1-4,9-10H,5-8,11H2/p+1. The van der Waals surface area contributed by atoms with Gasteiger partial charge in [-0.2, -0.15) is 0 Å². The maximum Gasteiger partial charge on any atom is 0.265 e. The minimum atomic E-state index is -0.310. The highest BCUT2D eigenvalue weighted by Gasteiger charge is 2.28. The van der Waals surface area contributed by atoms with Gasteiger partial charge in [-0.1, -0.05) is 17.7 Å². The van der Waals surface area contributed by atoms with E-state index in [-0.39, 0.29) is 11.7 Å². The fourth-order valence-corrected chi connectivity index (χ4v) is 5.46. The molecule has 0 atom stereocenters. The molecule has 130 valence electrons. The third-order valence-electron chi connectivity index (χ3n) is 4.55. The largest absolute Gasteiger partial charge is 0.328 e. The van der Waals surface area contributed by atoms with Crippen molar-refractivity contribution in [3.05, 3.63) is 56.3 Å². The number of quaternary nitrogens is 1. The van der Waals surface area contributed by atoms with Gasteiger partial charge < -0.3 is 9.80 Å². The molecule has 1 fully saturated rings. The lowest BCUT2D eigenvalue weighted by Gasteiger charge is -2.31. The summed E-state index contributed by atoms with van der Waals surface area (Å²) in [6.45, 7) is 4.32. The number of piperazine rings is 1. The van der Waals surface area contributed by atoms with Gasteiger partial charge in [0.05, 0.1) is 36.1 Å². The summed E-state index contributed by atoms with van der Waals surface area (Å²) in [5.74, 6) is -0.350. The van der Waals surface area contributed by atoms with Gasteiger partial charge in [0.1, 0.15) is 17.2 Å². The maximum atomic E-state index is 13.4. The minimum absolute atomic E-state index is 0.0400. The Labute approximate surface area is 158 Å². The van der Waals surface area contributed by atoms with Crippen molar-refractivity contribution in [1.29, 1.82) is 0 Å². The summed E-state index contributed by atoms with van der Waals surface area (Å²) in [7, 11) is 0. The second kappa shape index (κ2) is 7.03. The van der Waals surface area contributed by atoms with Gasteiger partial charge in [-0.05, 0) is 29.6 Å². The van der Waals surface area contributed by atoms with E-state index in [1.165, 1.54) is 33.2 Å². The van der Waals surface area contributed by atoms with Crippen LogP contribution in [0.1, 0.15) is 14.5 Å². The first kappa shape index (κ1) is 17.0. The molecule has 0 bridgehead atoms. The summed E-state index contributed by atoms with van der Waals surface area (Å²) in [5, 5.41) is 3.29. The molecule has 25 heavy (non-hydrogen) atoms. The molecule has 0 saturated carbocycles. The highest BCUT2D eigenvalue weighted by atomic mass is 35.5. The average Bonchev–Trinajstić information content (AvgIpc) is 3.23. The van der Waals surface area contributed by atoms with Crippen LogP contribution in [0.2, 0.25) is 5.02 Å². The molecule has 1 aliphatic rings. The van der Waals surface area contributed by atoms with E-state index in [1.54, 1.807) is 17.4 Å². The van der Waals surface area contributed by atoms with E-state index in [0.29, 0.717) is 9.90 Å². The maximum absolute atomic E-state index is 13.4.